The maximum absolute atomic E-state index is 5.52. The fourth-order valence-corrected chi connectivity index (χ4v) is 1.72. The Morgan fingerprint density at radius 2 is 1.95 bits per heavy atom. The quantitative estimate of drug-likeness (QED) is 0.781. The number of hydrogen-bond donors (Lipinski definition) is 1. The van der Waals surface area contributed by atoms with Crippen LogP contribution in [0, 0.1) is 0 Å². The first-order valence-electron chi connectivity index (χ1n) is 5.40. The molecule has 19 heavy (non-hydrogen) atoms. The summed E-state index contributed by atoms with van der Waals surface area (Å²) in [6.07, 6.45) is 3.26. The number of aromatic nitrogens is 4. The Morgan fingerprint density at radius 3 is 2.63 bits per heavy atom. The lowest BCUT2D eigenvalue weighted by Gasteiger charge is -1.94. The lowest BCUT2D eigenvalue weighted by atomic mass is 10.3. The number of nitrogens with zero attached hydrogens (tertiary/aromatic N) is 4. The molecule has 3 aromatic rings. The highest BCUT2D eigenvalue weighted by Gasteiger charge is 2.11. The Kier molecular flexibility index (Phi) is 2.96. The zero-order chi connectivity index (χ0) is 13.2. The van der Waals surface area contributed by atoms with Gasteiger partial charge in [0.2, 0.25) is 5.82 Å². The fraction of sp³-hybridized carbons (Fsp3) is 0. The van der Waals surface area contributed by atoms with Gasteiger partial charge in [0.05, 0.1) is 5.56 Å². The first kappa shape index (κ1) is 11.8. The molecule has 2 N–H and O–H groups in total. The highest BCUT2D eigenvalue weighted by Crippen LogP contribution is 2.21. The summed E-state index contributed by atoms with van der Waals surface area (Å²) in [6, 6.07) is 7.12. The van der Waals surface area contributed by atoms with Crippen LogP contribution in [0.3, 0.4) is 0 Å². The first-order valence-corrected chi connectivity index (χ1v) is 6.19. The van der Waals surface area contributed by atoms with E-state index in [1.165, 1.54) is 0 Å². The number of nitrogen functional groups attached to an aromatic ring is 1. The van der Waals surface area contributed by atoms with Crippen LogP contribution in [0.15, 0.2) is 45.7 Å². The zero-order valence-corrected chi connectivity index (χ0v) is 11.2. The minimum atomic E-state index is 0.382. The van der Waals surface area contributed by atoms with Crippen LogP contribution in [-0.4, -0.2) is 20.1 Å². The average molecular weight is 318 g/mol. The molecule has 0 bridgehead atoms. The van der Waals surface area contributed by atoms with Crippen molar-refractivity contribution in [1.82, 2.24) is 20.1 Å². The Bertz CT molecular complexity index is 633. The minimum absolute atomic E-state index is 0.382. The van der Waals surface area contributed by atoms with Crippen molar-refractivity contribution in [2.45, 2.75) is 0 Å². The van der Waals surface area contributed by atoms with Crippen molar-refractivity contribution in [3.8, 4) is 23.0 Å². The van der Waals surface area contributed by atoms with Gasteiger partial charge in [0.1, 0.15) is 11.5 Å². The van der Waals surface area contributed by atoms with E-state index in [4.69, 9.17) is 10.3 Å². The second-order valence-corrected chi connectivity index (χ2v) is 4.67. The smallest absolute Gasteiger partial charge is 0.259 e. The number of nitrogens with two attached hydrogens (primary N) is 1. The highest BCUT2D eigenvalue weighted by molar-refractivity contribution is 9.10. The van der Waals surface area contributed by atoms with Gasteiger partial charge in [-0.3, -0.25) is 4.98 Å². The average Bonchev–Trinajstić information content (AvgIpc) is 2.90. The van der Waals surface area contributed by atoms with E-state index in [-0.39, 0.29) is 0 Å². The van der Waals surface area contributed by atoms with Gasteiger partial charge in [0, 0.05) is 16.9 Å². The minimum Gasteiger partial charge on any atom is -0.384 e. The van der Waals surface area contributed by atoms with Crippen LogP contribution in [0.2, 0.25) is 0 Å². The predicted molar refractivity (Wildman–Crippen MR) is 72.9 cm³/mol. The van der Waals surface area contributed by atoms with Crippen molar-refractivity contribution >= 4 is 21.7 Å². The molecule has 7 heteroatoms. The van der Waals surface area contributed by atoms with Gasteiger partial charge in [-0.2, -0.15) is 4.98 Å². The summed E-state index contributed by atoms with van der Waals surface area (Å²) < 4.78 is 6.07. The lowest BCUT2D eigenvalue weighted by molar-refractivity contribution is 0.432. The standard InChI is InChI=1S/C12H8BrN5O/c13-8-2-3-9(15-6-8)11-17-12(19-18-11)7-1-4-10(14)16-5-7/h1-6H,(H2,14,16). The van der Waals surface area contributed by atoms with Crippen LogP contribution in [0.25, 0.3) is 23.0 Å². The molecule has 6 nitrogen and oxygen atoms in total. The summed E-state index contributed by atoms with van der Waals surface area (Å²) in [6.45, 7) is 0. The molecule has 0 saturated carbocycles. The maximum Gasteiger partial charge on any atom is 0.259 e. The molecule has 94 valence electrons. The molecule has 0 unspecified atom stereocenters. The SMILES string of the molecule is Nc1ccc(-c2nc(-c3ccc(Br)cn3)no2)cn1. The topological polar surface area (TPSA) is 90.7 Å². The third kappa shape index (κ3) is 2.45. The van der Waals surface area contributed by atoms with E-state index in [1.807, 2.05) is 6.07 Å². The summed E-state index contributed by atoms with van der Waals surface area (Å²) in [5.74, 6) is 1.25. The Labute approximate surface area is 116 Å². The number of hydrogen-bond acceptors (Lipinski definition) is 6. The lowest BCUT2D eigenvalue weighted by Crippen LogP contribution is -1.89. The number of anilines is 1. The molecule has 0 amide bonds. The van der Waals surface area contributed by atoms with Gasteiger partial charge < -0.3 is 10.3 Å². The van der Waals surface area contributed by atoms with E-state index in [1.54, 1.807) is 30.6 Å². The van der Waals surface area contributed by atoms with Crippen molar-refractivity contribution in [3.05, 3.63) is 41.1 Å². The third-order valence-electron chi connectivity index (χ3n) is 2.42. The van der Waals surface area contributed by atoms with E-state index in [0.29, 0.717) is 28.8 Å². The van der Waals surface area contributed by atoms with E-state index in [0.717, 1.165) is 4.47 Å². The maximum atomic E-state index is 5.52. The van der Waals surface area contributed by atoms with Crippen LogP contribution in [0.4, 0.5) is 5.82 Å². The van der Waals surface area contributed by atoms with Crippen LogP contribution in [0.1, 0.15) is 0 Å². The first-order chi connectivity index (χ1) is 9.22. The van der Waals surface area contributed by atoms with Gasteiger partial charge in [-0.05, 0) is 40.2 Å². The largest absolute Gasteiger partial charge is 0.384 e. The van der Waals surface area contributed by atoms with Gasteiger partial charge in [0.25, 0.3) is 5.89 Å². The van der Waals surface area contributed by atoms with Crippen molar-refractivity contribution in [3.63, 3.8) is 0 Å². The molecule has 0 atom stereocenters. The van der Waals surface area contributed by atoms with Crippen LogP contribution < -0.4 is 5.73 Å². The Balaban J connectivity index is 1.95. The van der Waals surface area contributed by atoms with Crippen molar-refractivity contribution < 1.29 is 4.52 Å². The number of pyridine rings is 2. The summed E-state index contributed by atoms with van der Waals surface area (Å²) >= 11 is 3.32. The molecule has 0 aliphatic carbocycles. The Hall–Kier alpha value is -2.28. The molecular weight excluding hydrogens is 310 g/mol. The monoisotopic (exact) mass is 317 g/mol. The molecule has 3 aromatic heterocycles. The molecule has 0 aliphatic heterocycles. The van der Waals surface area contributed by atoms with E-state index >= 15 is 0 Å². The molecular formula is C12H8BrN5O. The molecule has 0 radical (unpaired) electrons. The molecule has 0 saturated heterocycles. The van der Waals surface area contributed by atoms with Crippen molar-refractivity contribution in [2.75, 3.05) is 5.73 Å². The second kappa shape index (κ2) is 4.77. The fourth-order valence-electron chi connectivity index (χ4n) is 1.48. The second-order valence-electron chi connectivity index (χ2n) is 3.76. The number of rotatable bonds is 2. The number of halogens is 1. The van der Waals surface area contributed by atoms with Crippen molar-refractivity contribution in [2.24, 2.45) is 0 Å². The van der Waals surface area contributed by atoms with Gasteiger partial charge in [0.15, 0.2) is 0 Å². The third-order valence-corrected chi connectivity index (χ3v) is 2.88. The highest BCUT2D eigenvalue weighted by atomic mass is 79.9. The normalized spacial score (nSPS) is 10.6. The van der Waals surface area contributed by atoms with E-state index in [9.17, 15) is 0 Å². The van der Waals surface area contributed by atoms with Gasteiger partial charge in [-0.25, -0.2) is 4.98 Å². The van der Waals surface area contributed by atoms with Gasteiger partial charge in [-0.1, -0.05) is 5.16 Å². The zero-order valence-electron chi connectivity index (χ0n) is 9.62. The molecule has 0 spiro atoms. The van der Waals surface area contributed by atoms with E-state index in [2.05, 4.69) is 36.0 Å². The van der Waals surface area contributed by atoms with Crippen molar-refractivity contribution in [1.29, 1.82) is 0 Å². The van der Waals surface area contributed by atoms with Crippen LogP contribution in [0.5, 0.6) is 0 Å². The molecule has 0 aliphatic rings. The van der Waals surface area contributed by atoms with Gasteiger partial charge in [-0.15, -0.1) is 0 Å². The van der Waals surface area contributed by atoms with Crippen LogP contribution >= 0.6 is 15.9 Å². The Morgan fingerprint density at radius 1 is 1.05 bits per heavy atom. The van der Waals surface area contributed by atoms with E-state index < -0.39 is 0 Å². The summed E-state index contributed by atoms with van der Waals surface area (Å²) in [5, 5.41) is 3.89. The van der Waals surface area contributed by atoms with Crippen LogP contribution in [-0.2, 0) is 0 Å². The molecule has 0 fully saturated rings. The molecule has 3 heterocycles. The summed E-state index contributed by atoms with van der Waals surface area (Å²) in [7, 11) is 0. The van der Waals surface area contributed by atoms with Gasteiger partial charge >= 0.3 is 0 Å². The summed E-state index contributed by atoms with van der Waals surface area (Å²) in [4.78, 5) is 12.5. The predicted octanol–water partition coefficient (Wildman–Crippen LogP) is 2.54. The summed E-state index contributed by atoms with van der Waals surface area (Å²) in [5.41, 5.74) is 6.88. The molecule has 3 rings (SSSR count). The molecule has 0 aromatic carbocycles.